The summed E-state index contributed by atoms with van der Waals surface area (Å²) >= 11 is 0. The van der Waals surface area contributed by atoms with E-state index < -0.39 is 5.60 Å². The normalized spacial score (nSPS) is 35.6. The molecule has 0 saturated heterocycles. The third kappa shape index (κ3) is 3.99. The van der Waals surface area contributed by atoms with Crippen molar-refractivity contribution in [2.75, 3.05) is 6.61 Å². The van der Waals surface area contributed by atoms with Gasteiger partial charge in [0.1, 0.15) is 0 Å². The van der Waals surface area contributed by atoms with Crippen LogP contribution in [-0.2, 0) is 4.79 Å². The number of nitrogens with zero attached hydrogens (tertiary/aromatic N) is 1. The zero-order valence-corrected chi connectivity index (χ0v) is 22.1. The standard InChI is InChI=1S/C34H37NO3/c1-33-20-30(25-9-7-24(8-10-25)23-5-3-22(21-35)4-6-23)32-28-14-12-27(37)19-26(28)11-13-29(32)31(33)15-17-34(33,38)16-2-18-36/h3-10,15,17,19,28-32,36,38H,2,11-14,16,18,20H2,1H3/t28-,29-,30+,31+,32+,33-,34+/m0/s1. The van der Waals surface area contributed by atoms with Gasteiger partial charge in [-0.25, -0.2) is 0 Å². The lowest BCUT2D eigenvalue weighted by Crippen LogP contribution is -2.55. The van der Waals surface area contributed by atoms with Crippen molar-refractivity contribution in [2.45, 2.75) is 63.4 Å². The Morgan fingerprint density at radius 2 is 1.71 bits per heavy atom. The first-order valence-corrected chi connectivity index (χ1v) is 14.2. The Labute approximate surface area is 225 Å². The second-order valence-corrected chi connectivity index (χ2v) is 12.3. The van der Waals surface area contributed by atoms with Crippen LogP contribution in [0.3, 0.4) is 0 Å². The number of aliphatic hydroxyl groups is 2. The van der Waals surface area contributed by atoms with Crippen molar-refractivity contribution < 1.29 is 15.0 Å². The quantitative estimate of drug-likeness (QED) is 0.463. The minimum Gasteiger partial charge on any atom is -0.396 e. The Bertz CT molecular complexity index is 1320. The number of ketones is 1. The fourth-order valence-corrected chi connectivity index (χ4v) is 8.58. The van der Waals surface area contributed by atoms with E-state index in [1.807, 2.05) is 30.3 Å². The minimum atomic E-state index is -0.912. The van der Waals surface area contributed by atoms with Gasteiger partial charge < -0.3 is 10.2 Å². The molecule has 2 aromatic rings. The Morgan fingerprint density at radius 1 is 1.00 bits per heavy atom. The molecule has 0 bridgehead atoms. The summed E-state index contributed by atoms with van der Waals surface area (Å²) in [6.45, 7) is 2.37. The summed E-state index contributed by atoms with van der Waals surface area (Å²) in [7, 11) is 0. The summed E-state index contributed by atoms with van der Waals surface area (Å²) in [5, 5.41) is 30.6. The highest BCUT2D eigenvalue weighted by Gasteiger charge is 2.62. The molecule has 0 aromatic heterocycles. The van der Waals surface area contributed by atoms with E-state index in [0.29, 0.717) is 54.4 Å². The maximum Gasteiger partial charge on any atom is 0.155 e. The number of carbonyl (C=O) groups excluding carboxylic acids is 1. The van der Waals surface area contributed by atoms with Gasteiger partial charge in [0.2, 0.25) is 0 Å². The molecule has 0 heterocycles. The highest BCUT2D eigenvalue weighted by molar-refractivity contribution is 5.91. The number of benzene rings is 2. The van der Waals surface area contributed by atoms with Crippen molar-refractivity contribution in [3.05, 3.63) is 83.5 Å². The van der Waals surface area contributed by atoms with E-state index in [1.165, 1.54) is 11.1 Å². The number of aliphatic hydroxyl groups excluding tert-OH is 1. The lowest BCUT2D eigenvalue weighted by molar-refractivity contribution is -0.121. The molecule has 0 aliphatic heterocycles. The summed E-state index contributed by atoms with van der Waals surface area (Å²) in [5.41, 5.74) is 4.35. The van der Waals surface area contributed by atoms with E-state index in [4.69, 9.17) is 5.26 Å². The molecule has 0 spiro atoms. The number of nitriles is 1. The molecular formula is C34H37NO3. The topological polar surface area (TPSA) is 81.3 Å². The van der Waals surface area contributed by atoms with Crippen LogP contribution in [0.25, 0.3) is 11.1 Å². The van der Waals surface area contributed by atoms with Gasteiger partial charge in [-0.1, -0.05) is 61.0 Å². The van der Waals surface area contributed by atoms with Gasteiger partial charge in [0.05, 0.1) is 17.2 Å². The molecule has 38 heavy (non-hydrogen) atoms. The fraction of sp³-hybridized carbons (Fsp3) is 0.471. The zero-order chi connectivity index (χ0) is 26.5. The molecule has 4 heteroatoms. The van der Waals surface area contributed by atoms with Crippen molar-refractivity contribution in [3.63, 3.8) is 0 Å². The largest absolute Gasteiger partial charge is 0.396 e. The molecular weight excluding hydrogens is 470 g/mol. The van der Waals surface area contributed by atoms with Gasteiger partial charge in [-0.05, 0) is 103 Å². The molecule has 6 rings (SSSR count). The van der Waals surface area contributed by atoms with Crippen molar-refractivity contribution in [1.82, 2.24) is 0 Å². The lowest BCUT2D eigenvalue weighted by atomic mass is 9.46. The number of allylic oxidation sites excluding steroid dienone is 3. The van der Waals surface area contributed by atoms with Gasteiger partial charge in [-0.2, -0.15) is 5.26 Å². The van der Waals surface area contributed by atoms with Gasteiger partial charge >= 0.3 is 0 Å². The van der Waals surface area contributed by atoms with Crippen LogP contribution in [0.4, 0.5) is 0 Å². The Morgan fingerprint density at radius 3 is 2.39 bits per heavy atom. The molecule has 0 amide bonds. The molecule has 0 unspecified atom stereocenters. The summed E-state index contributed by atoms with van der Waals surface area (Å²) < 4.78 is 0. The molecule has 4 aliphatic carbocycles. The van der Waals surface area contributed by atoms with E-state index in [0.717, 1.165) is 36.8 Å². The van der Waals surface area contributed by atoms with Crippen LogP contribution < -0.4 is 0 Å². The van der Waals surface area contributed by atoms with Crippen molar-refractivity contribution >= 4 is 5.78 Å². The SMILES string of the molecule is C[C@]12C[C@H](c3ccc(-c4ccc(C#N)cc4)cc3)[C@H]3[C@@H](CCC4=CC(=O)CC[C@@H]43)[C@H]1C=C[C@]2(O)CCCO. The average Bonchev–Trinajstić information content (AvgIpc) is 3.21. The van der Waals surface area contributed by atoms with Crippen molar-refractivity contribution in [3.8, 4) is 17.2 Å². The first kappa shape index (κ1) is 25.3. The average molecular weight is 508 g/mol. The van der Waals surface area contributed by atoms with Crippen LogP contribution in [-0.4, -0.2) is 28.2 Å². The maximum absolute atomic E-state index is 12.3. The van der Waals surface area contributed by atoms with E-state index in [9.17, 15) is 15.0 Å². The molecule has 2 saturated carbocycles. The lowest BCUT2D eigenvalue weighted by Gasteiger charge is -2.59. The highest BCUT2D eigenvalue weighted by Crippen LogP contribution is 2.66. The molecule has 7 atom stereocenters. The number of fused-ring (bicyclic) bond motifs is 5. The maximum atomic E-state index is 12.3. The van der Waals surface area contributed by atoms with Gasteiger partial charge in [0.15, 0.2) is 5.78 Å². The molecule has 0 radical (unpaired) electrons. The third-order valence-corrected chi connectivity index (χ3v) is 10.5. The number of rotatable bonds is 5. The van der Waals surface area contributed by atoms with Crippen LogP contribution in [0.5, 0.6) is 0 Å². The molecule has 4 aliphatic rings. The van der Waals surface area contributed by atoms with Gasteiger partial charge in [-0.15, -0.1) is 0 Å². The van der Waals surface area contributed by atoms with Gasteiger partial charge in [-0.3, -0.25) is 4.79 Å². The molecule has 196 valence electrons. The number of carbonyl (C=O) groups is 1. The Hall–Kier alpha value is -3.00. The van der Waals surface area contributed by atoms with E-state index >= 15 is 0 Å². The predicted octanol–water partition coefficient (Wildman–Crippen LogP) is 6.34. The first-order chi connectivity index (χ1) is 18.4. The van der Waals surface area contributed by atoms with Crippen LogP contribution in [0.15, 0.2) is 72.3 Å². The highest BCUT2D eigenvalue weighted by atomic mass is 16.3. The summed E-state index contributed by atoms with van der Waals surface area (Å²) in [5.74, 6) is 2.22. The third-order valence-electron chi connectivity index (χ3n) is 10.5. The first-order valence-electron chi connectivity index (χ1n) is 14.2. The van der Waals surface area contributed by atoms with Crippen molar-refractivity contribution in [1.29, 1.82) is 5.26 Å². The molecule has 2 aromatic carbocycles. The smallest absolute Gasteiger partial charge is 0.155 e. The van der Waals surface area contributed by atoms with Gasteiger partial charge in [0, 0.05) is 18.4 Å². The number of hydrogen-bond acceptors (Lipinski definition) is 4. The van der Waals surface area contributed by atoms with E-state index in [1.54, 1.807) is 0 Å². The van der Waals surface area contributed by atoms with E-state index in [2.05, 4.69) is 49.4 Å². The summed E-state index contributed by atoms with van der Waals surface area (Å²) in [6.07, 6.45) is 12.0. The Kier molecular flexibility index (Phi) is 6.41. The minimum absolute atomic E-state index is 0.0907. The second-order valence-electron chi connectivity index (χ2n) is 12.3. The predicted molar refractivity (Wildman–Crippen MR) is 148 cm³/mol. The van der Waals surface area contributed by atoms with Crippen LogP contribution in [0.1, 0.15) is 68.9 Å². The fourth-order valence-electron chi connectivity index (χ4n) is 8.58. The van der Waals surface area contributed by atoms with Crippen LogP contribution in [0.2, 0.25) is 0 Å². The molecule has 4 nitrogen and oxygen atoms in total. The summed E-state index contributed by atoms with van der Waals surface area (Å²) in [4.78, 5) is 12.3. The monoisotopic (exact) mass is 507 g/mol. The summed E-state index contributed by atoms with van der Waals surface area (Å²) in [6, 6.07) is 18.8. The molecule has 2 fully saturated rings. The van der Waals surface area contributed by atoms with Gasteiger partial charge in [0.25, 0.3) is 0 Å². The zero-order valence-electron chi connectivity index (χ0n) is 22.1. The van der Waals surface area contributed by atoms with Crippen LogP contribution >= 0.6 is 0 Å². The van der Waals surface area contributed by atoms with E-state index in [-0.39, 0.29) is 17.8 Å². The van der Waals surface area contributed by atoms with Crippen LogP contribution in [0, 0.1) is 40.4 Å². The number of hydrogen-bond donors (Lipinski definition) is 2. The van der Waals surface area contributed by atoms with Crippen molar-refractivity contribution in [2.24, 2.45) is 29.1 Å². The second kappa shape index (κ2) is 9.63. The molecule has 2 N–H and O–H groups in total. The Balaban J connectivity index is 1.39.